The summed E-state index contributed by atoms with van der Waals surface area (Å²) < 4.78 is 13.4. The molecule has 0 amide bonds. The van der Waals surface area contributed by atoms with Crippen molar-refractivity contribution in [2.75, 3.05) is 25.9 Å². The Morgan fingerprint density at radius 2 is 2.07 bits per heavy atom. The van der Waals surface area contributed by atoms with Gasteiger partial charge in [0.05, 0.1) is 24.9 Å². The largest absolute Gasteiger partial charge is 0.493 e. The highest BCUT2D eigenvalue weighted by Crippen LogP contribution is 2.34. The molecule has 0 spiro atoms. The normalized spacial score (nSPS) is 15.1. The molecule has 5 rings (SSSR count). The molecular weight excluding hydrogens is 368 g/mol. The fraction of sp³-hybridized carbons (Fsp3) is 0.286. The third kappa shape index (κ3) is 3.21. The maximum Gasteiger partial charge on any atom is 0.231 e. The highest BCUT2D eigenvalue weighted by Gasteiger charge is 2.18. The van der Waals surface area contributed by atoms with Crippen LogP contribution in [0.1, 0.15) is 18.9 Å². The van der Waals surface area contributed by atoms with Crippen molar-refractivity contribution >= 4 is 16.9 Å². The van der Waals surface area contributed by atoms with Crippen LogP contribution in [0.4, 0.5) is 5.82 Å². The number of piperidine rings is 1. The third-order valence-corrected chi connectivity index (χ3v) is 5.37. The number of fused-ring (bicyclic) bond motifs is 1. The lowest BCUT2D eigenvalue weighted by Gasteiger charge is -2.22. The van der Waals surface area contributed by atoms with Crippen LogP contribution in [-0.4, -0.2) is 39.9 Å². The van der Waals surface area contributed by atoms with E-state index in [0.29, 0.717) is 40.2 Å². The highest BCUT2D eigenvalue weighted by atomic mass is 16.5. The summed E-state index contributed by atoms with van der Waals surface area (Å²) in [6.07, 6.45) is 7.86. The van der Waals surface area contributed by atoms with Crippen LogP contribution >= 0.6 is 0 Å². The minimum absolute atomic E-state index is 0.366. The van der Waals surface area contributed by atoms with E-state index in [0.717, 1.165) is 37.1 Å². The van der Waals surface area contributed by atoms with Gasteiger partial charge in [0.25, 0.3) is 0 Å². The Hall–Kier alpha value is -3.39. The first-order valence-corrected chi connectivity index (χ1v) is 9.67. The molecular formula is C21H22N6O2. The average Bonchev–Trinajstić information content (AvgIpc) is 3.42. The smallest absolute Gasteiger partial charge is 0.231 e. The van der Waals surface area contributed by atoms with Gasteiger partial charge in [-0.05, 0) is 44.1 Å². The number of hydrogen-bond donors (Lipinski definition) is 2. The number of nitrogens with zero attached hydrogens (tertiary/aromatic N) is 4. The lowest BCUT2D eigenvalue weighted by atomic mass is 10.1. The minimum Gasteiger partial charge on any atom is -0.493 e. The number of benzene rings is 1. The van der Waals surface area contributed by atoms with E-state index < -0.39 is 0 Å². The molecule has 3 aromatic heterocycles. The number of nitrogen functional groups attached to an aromatic ring is 1. The molecule has 1 aromatic carbocycles. The first kappa shape index (κ1) is 17.7. The van der Waals surface area contributed by atoms with Crippen molar-refractivity contribution in [3.8, 4) is 28.3 Å². The lowest BCUT2D eigenvalue weighted by molar-refractivity contribution is 0.343. The predicted molar refractivity (Wildman–Crippen MR) is 111 cm³/mol. The maximum atomic E-state index is 6.14. The van der Waals surface area contributed by atoms with Gasteiger partial charge in [0, 0.05) is 23.5 Å². The molecule has 1 aliphatic rings. The van der Waals surface area contributed by atoms with E-state index in [9.17, 15) is 0 Å². The van der Waals surface area contributed by atoms with Gasteiger partial charge in [-0.25, -0.2) is 9.97 Å². The number of nitrogens with one attached hydrogen (secondary N) is 1. The monoisotopic (exact) mass is 390 g/mol. The molecule has 0 bridgehead atoms. The number of pyridine rings is 1. The van der Waals surface area contributed by atoms with E-state index in [4.69, 9.17) is 14.9 Å². The number of rotatable bonds is 4. The van der Waals surface area contributed by atoms with Crippen molar-refractivity contribution in [2.45, 2.75) is 18.9 Å². The lowest BCUT2D eigenvalue weighted by Crippen LogP contribution is -2.29. The molecule has 8 nitrogen and oxygen atoms in total. The van der Waals surface area contributed by atoms with Crippen LogP contribution in [0.3, 0.4) is 0 Å². The highest BCUT2D eigenvalue weighted by molar-refractivity contribution is 5.84. The molecule has 0 aliphatic carbocycles. The molecule has 148 valence electrons. The van der Waals surface area contributed by atoms with E-state index in [1.807, 2.05) is 30.5 Å². The Kier molecular flexibility index (Phi) is 4.40. The van der Waals surface area contributed by atoms with Gasteiger partial charge >= 0.3 is 0 Å². The summed E-state index contributed by atoms with van der Waals surface area (Å²) in [4.78, 5) is 8.94. The summed E-state index contributed by atoms with van der Waals surface area (Å²) in [5.41, 5.74) is 10.0. The van der Waals surface area contributed by atoms with Crippen LogP contribution in [0, 0.1) is 0 Å². The topological polar surface area (TPSA) is 104 Å². The van der Waals surface area contributed by atoms with Gasteiger partial charge in [-0.2, -0.15) is 5.10 Å². The fourth-order valence-corrected chi connectivity index (χ4v) is 3.76. The molecule has 8 heteroatoms. The number of aromatic nitrogens is 4. The van der Waals surface area contributed by atoms with Crippen molar-refractivity contribution in [3.63, 3.8) is 0 Å². The van der Waals surface area contributed by atoms with Gasteiger partial charge in [0.1, 0.15) is 11.3 Å². The summed E-state index contributed by atoms with van der Waals surface area (Å²) >= 11 is 0. The van der Waals surface area contributed by atoms with Gasteiger partial charge in [-0.1, -0.05) is 6.07 Å². The van der Waals surface area contributed by atoms with Crippen molar-refractivity contribution in [2.24, 2.45) is 0 Å². The first-order chi connectivity index (χ1) is 14.2. The Morgan fingerprint density at radius 3 is 2.90 bits per heavy atom. The zero-order valence-corrected chi connectivity index (χ0v) is 16.1. The molecule has 29 heavy (non-hydrogen) atoms. The minimum atomic E-state index is 0.366. The number of methoxy groups -OCH3 is 1. The SMILES string of the molecule is COc1cccc2nc(-c3cc(-c4cnn(C5CCNCC5)c4)cnc3N)oc12. The molecule has 1 saturated heterocycles. The summed E-state index contributed by atoms with van der Waals surface area (Å²) in [6, 6.07) is 7.96. The summed E-state index contributed by atoms with van der Waals surface area (Å²) in [7, 11) is 1.60. The standard InChI is InChI=1S/C21H22N6O2/c1-28-18-4-2-3-17-19(18)29-21(26-17)16-9-13(10-24-20(16)22)14-11-25-27(12-14)15-5-7-23-8-6-15/h2-4,9-12,15,23H,5-8H2,1H3,(H2,22,24). The van der Waals surface area contributed by atoms with E-state index in [2.05, 4.69) is 31.3 Å². The summed E-state index contributed by atoms with van der Waals surface area (Å²) in [5, 5.41) is 7.96. The number of ether oxygens (including phenoxy) is 1. The van der Waals surface area contributed by atoms with Gasteiger partial charge in [-0.15, -0.1) is 0 Å². The van der Waals surface area contributed by atoms with Crippen molar-refractivity contribution in [1.29, 1.82) is 0 Å². The van der Waals surface area contributed by atoms with Crippen LogP contribution in [0.2, 0.25) is 0 Å². The Balaban J connectivity index is 1.52. The van der Waals surface area contributed by atoms with E-state index in [1.165, 1.54) is 0 Å². The molecule has 4 heterocycles. The Bertz CT molecular complexity index is 1160. The molecule has 0 atom stereocenters. The average molecular weight is 390 g/mol. The molecule has 0 radical (unpaired) electrons. The molecule has 1 aliphatic heterocycles. The second-order valence-corrected chi connectivity index (χ2v) is 7.17. The molecule has 0 saturated carbocycles. The second-order valence-electron chi connectivity index (χ2n) is 7.17. The number of hydrogen-bond acceptors (Lipinski definition) is 7. The van der Waals surface area contributed by atoms with Crippen LogP contribution < -0.4 is 15.8 Å². The molecule has 4 aromatic rings. The van der Waals surface area contributed by atoms with Crippen LogP contribution in [-0.2, 0) is 0 Å². The van der Waals surface area contributed by atoms with Crippen LogP contribution in [0.25, 0.3) is 33.7 Å². The van der Waals surface area contributed by atoms with Gasteiger partial charge in [0.2, 0.25) is 5.89 Å². The van der Waals surface area contributed by atoms with E-state index in [-0.39, 0.29) is 0 Å². The van der Waals surface area contributed by atoms with Crippen molar-refractivity contribution in [1.82, 2.24) is 25.1 Å². The van der Waals surface area contributed by atoms with Crippen LogP contribution in [0.5, 0.6) is 5.75 Å². The van der Waals surface area contributed by atoms with E-state index >= 15 is 0 Å². The number of oxazole rings is 1. The number of para-hydroxylation sites is 1. The number of nitrogens with two attached hydrogens (primary N) is 1. The fourth-order valence-electron chi connectivity index (χ4n) is 3.76. The zero-order chi connectivity index (χ0) is 19.8. The molecule has 3 N–H and O–H groups in total. The summed E-state index contributed by atoms with van der Waals surface area (Å²) in [5.74, 6) is 1.42. The Labute approximate surface area is 167 Å². The van der Waals surface area contributed by atoms with Gasteiger partial charge in [0.15, 0.2) is 11.3 Å². The quantitative estimate of drug-likeness (QED) is 0.551. The predicted octanol–water partition coefficient (Wildman–Crippen LogP) is 3.27. The van der Waals surface area contributed by atoms with E-state index in [1.54, 1.807) is 13.3 Å². The Morgan fingerprint density at radius 1 is 1.21 bits per heavy atom. The maximum absolute atomic E-state index is 6.14. The van der Waals surface area contributed by atoms with Crippen molar-refractivity contribution in [3.05, 3.63) is 42.9 Å². The van der Waals surface area contributed by atoms with Gasteiger partial charge < -0.3 is 20.2 Å². The molecule has 1 fully saturated rings. The first-order valence-electron chi connectivity index (χ1n) is 9.67. The zero-order valence-electron chi connectivity index (χ0n) is 16.1. The summed E-state index contributed by atoms with van der Waals surface area (Å²) in [6.45, 7) is 2.04. The van der Waals surface area contributed by atoms with Crippen molar-refractivity contribution < 1.29 is 9.15 Å². The third-order valence-electron chi connectivity index (χ3n) is 5.37. The van der Waals surface area contributed by atoms with Gasteiger partial charge in [-0.3, -0.25) is 4.68 Å². The molecule has 0 unspecified atom stereocenters. The number of anilines is 1. The van der Waals surface area contributed by atoms with Crippen LogP contribution in [0.15, 0.2) is 47.3 Å². The second kappa shape index (κ2) is 7.21.